The highest BCUT2D eigenvalue weighted by molar-refractivity contribution is 5.73. The first-order chi connectivity index (χ1) is 8.76. The van der Waals surface area contributed by atoms with Crippen LogP contribution < -0.4 is 5.32 Å². The minimum atomic E-state index is -0.540. The van der Waals surface area contributed by atoms with Gasteiger partial charge in [-0.05, 0) is 18.4 Å². The largest absolute Gasteiger partial charge is 0.450 e. The van der Waals surface area contributed by atoms with Crippen molar-refractivity contribution in [3.8, 4) is 0 Å². The smallest absolute Gasteiger partial charge is 0.407 e. The van der Waals surface area contributed by atoms with Gasteiger partial charge in [0.05, 0.1) is 12.6 Å². The van der Waals surface area contributed by atoms with Crippen LogP contribution in [0.3, 0.4) is 0 Å². The molecule has 0 aromatic heterocycles. The molecule has 0 aliphatic carbocycles. The van der Waals surface area contributed by atoms with E-state index in [0.29, 0.717) is 13.0 Å². The Hall–Kier alpha value is -1.84. The lowest BCUT2D eigenvalue weighted by molar-refractivity contribution is -0.109. The van der Waals surface area contributed by atoms with Gasteiger partial charge in [0.25, 0.3) is 0 Å². The summed E-state index contributed by atoms with van der Waals surface area (Å²) in [4.78, 5) is 22.3. The Morgan fingerprint density at radius 3 is 2.72 bits per heavy atom. The number of rotatable bonds is 7. The van der Waals surface area contributed by atoms with Gasteiger partial charge in [0, 0.05) is 0 Å². The molecule has 0 heterocycles. The predicted molar refractivity (Wildman–Crippen MR) is 69.4 cm³/mol. The monoisotopic (exact) mass is 249 g/mol. The molecule has 0 saturated heterocycles. The number of hydrogen-bond acceptors (Lipinski definition) is 3. The molecule has 1 rings (SSSR count). The van der Waals surface area contributed by atoms with Gasteiger partial charge in [-0.15, -0.1) is 0 Å². The Morgan fingerprint density at radius 2 is 2.11 bits per heavy atom. The van der Waals surface area contributed by atoms with Gasteiger partial charge >= 0.3 is 6.09 Å². The summed E-state index contributed by atoms with van der Waals surface area (Å²) in [6.45, 7) is 2.41. The lowest BCUT2D eigenvalue weighted by Gasteiger charge is -2.12. The lowest BCUT2D eigenvalue weighted by atomic mass is 10.1. The van der Waals surface area contributed by atoms with E-state index in [9.17, 15) is 9.59 Å². The van der Waals surface area contributed by atoms with Crippen molar-refractivity contribution in [1.82, 2.24) is 5.32 Å². The Kier molecular flexibility index (Phi) is 6.54. The Labute approximate surface area is 107 Å². The van der Waals surface area contributed by atoms with Crippen molar-refractivity contribution in [1.29, 1.82) is 0 Å². The number of unbranched alkanes of at least 4 members (excludes halogenated alkanes) is 1. The summed E-state index contributed by atoms with van der Waals surface area (Å²) in [5, 5.41) is 2.54. The van der Waals surface area contributed by atoms with E-state index in [1.807, 2.05) is 37.3 Å². The fourth-order valence-electron chi connectivity index (χ4n) is 1.50. The summed E-state index contributed by atoms with van der Waals surface area (Å²) < 4.78 is 4.94. The highest BCUT2D eigenvalue weighted by Gasteiger charge is 2.12. The van der Waals surface area contributed by atoms with Crippen molar-refractivity contribution in [2.45, 2.75) is 32.2 Å². The van der Waals surface area contributed by atoms with Crippen LogP contribution >= 0.6 is 0 Å². The van der Waals surface area contributed by atoms with Crippen LogP contribution in [0.1, 0.15) is 25.3 Å². The first kappa shape index (κ1) is 14.2. The summed E-state index contributed by atoms with van der Waals surface area (Å²) in [5.74, 6) is 0. The number of carbonyl (C=O) groups excluding carboxylic acids is 2. The summed E-state index contributed by atoms with van der Waals surface area (Å²) in [7, 11) is 0. The van der Waals surface area contributed by atoms with E-state index in [0.717, 1.165) is 24.7 Å². The van der Waals surface area contributed by atoms with E-state index in [4.69, 9.17) is 4.74 Å². The van der Waals surface area contributed by atoms with E-state index in [1.54, 1.807) is 0 Å². The molecule has 98 valence electrons. The number of amides is 1. The van der Waals surface area contributed by atoms with Crippen molar-refractivity contribution < 1.29 is 14.3 Å². The zero-order valence-corrected chi connectivity index (χ0v) is 10.6. The van der Waals surface area contributed by atoms with E-state index < -0.39 is 12.1 Å². The number of hydrogen-bond donors (Lipinski definition) is 1. The summed E-state index contributed by atoms with van der Waals surface area (Å²) in [6, 6.07) is 9.00. The second-order valence-electron chi connectivity index (χ2n) is 4.07. The average Bonchev–Trinajstić information content (AvgIpc) is 2.39. The molecule has 4 heteroatoms. The second-order valence-corrected chi connectivity index (χ2v) is 4.07. The van der Waals surface area contributed by atoms with Gasteiger partial charge in [0.15, 0.2) is 0 Å². The van der Waals surface area contributed by atoms with Crippen LogP contribution in [0.25, 0.3) is 0 Å². The van der Waals surface area contributed by atoms with Gasteiger partial charge in [0.1, 0.15) is 6.29 Å². The van der Waals surface area contributed by atoms with Crippen LogP contribution in [0, 0.1) is 0 Å². The normalized spacial score (nSPS) is 11.6. The molecule has 4 nitrogen and oxygen atoms in total. The number of nitrogens with one attached hydrogen (secondary N) is 1. The van der Waals surface area contributed by atoms with Crippen molar-refractivity contribution in [3.05, 3.63) is 35.9 Å². The molecule has 1 N–H and O–H groups in total. The maximum absolute atomic E-state index is 11.4. The zero-order valence-electron chi connectivity index (χ0n) is 10.6. The lowest BCUT2D eigenvalue weighted by Crippen LogP contribution is -2.38. The third-order valence-corrected chi connectivity index (χ3v) is 2.50. The minimum absolute atomic E-state index is 0.388. The molecule has 1 aromatic carbocycles. The van der Waals surface area contributed by atoms with Crippen molar-refractivity contribution in [2.75, 3.05) is 6.61 Å². The summed E-state index contributed by atoms with van der Waals surface area (Å²) in [6.07, 6.45) is 2.48. The van der Waals surface area contributed by atoms with Crippen molar-refractivity contribution in [2.24, 2.45) is 0 Å². The van der Waals surface area contributed by atoms with Gasteiger partial charge in [-0.2, -0.15) is 0 Å². The number of alkyl carbamates (subject to hydrolysis) is 1. The van der Waals surface area contributed by atoms with Crippen molar-refractivity contribution >= 4 is 12.4 Å². The Balaban J connectivity index is 2.37. The first-order valence-electron chi connectivity index (χ1n) is 6.18. The molecular formula is C14H19NO3. The Bertz CT molecular complexity index is 365. The minimum Gasteiger partial charge on any atom is -0.450 e. The maximum Gasteiger partial charge on any atom is 0.407 e. The van der Waals surface area contributed by atoms with Crippen LogP contribution in [0.15, 0.2) is 30.3 Å². The van der Waals surface area contributed by atoms with E-state index in [1.165, 1.54) is 0 Å². The molecule has 1 amide bonds. The van der Waals surface area contributed by atoms with Gasteiger partial charge < -0.3 is 14.8 Å². The number of aldehydes is 1. The number of benzene rings is 1. The average molecular weight is 249 g/mol. The standard InChI is InChI=1S/C14H19NO3/c1-2-3-9-18-14(17)15-13(11-16)10-12-7-5-4-6-8-12/h4-8,11,13H,2-3,9-10H2,1H3,(H,15,17)/t13-/m0/s1. The van der Waals surface area contributed by atoms with Crippen LogP contribution in [-0.2, 0) is 16.0 Å². The third kappa shape index (κ3) is 5.48. The van der Waals surface area contributed by atoms with Gasteiger partial charge in [-0.25, -0.2) is 4.79 Å². The predicted octanol–water partition coefficient (Wildman–Crippen LogP) is 2.32. The molecule has 1 atom stereocenters. The first-order valence-corrected chi connectivity index (χ1v) is 6.18. The molecule has 0 saturated carbocycles. The van der Waals surface area contributed by atoms with Crippen LogP contribution in [-0.4, -0.2) is 25.0 Å². The molecule has 18 heavy (non-hydrogen) atoms. The van der Waals surface area contributed by atoms with Gasteiger partial charge in [-0.3, -0.25) is 0 Å². The highest BCUT2D eigenvalue weighted by Crippen LogP contribution is 2.02. The fraction of sp³-hybridized carbons (Fsp3) is 0.429. The second kappa shape index (κ2) is 8.28. The molecule has 0 radical (unpaired) electrons. The van der Waals surface area contributed by atoms with Crippen LogP contribution in [0.4, 0.5) is 4.79 Å². The fourth-order valence-corrected chi connectivity index (χ4v) is 1.50. The molecule has 0 unspecified atom stereocenters. The number of carbonyl (C=O) groups is 2. The zero-order chi connectivity index (χ0) is 13.2. The topological polar surface area (TPSA) is 55.4 Å². The Morgan fingerprint density at radius 1 is 1.39 bits per heavy atom. The molecule has 0 aliphatic heterocycles. The molecular weight excluding hydrogens is 230 g/mol. The molecule has 0 spiro atoms. The van der Waals surface area contributed by atoms with E-state index in [2.05, 4.69) is 5.32 Å². The van der Waals surface area contributed by atoms with Crippen LogP contribution in [0.2, 0.25) is 0 Å². The molecule has 0 fully saturated rings. The molecule has 0 aliphatic rings. The van der Waals surface area contributed by atoms with Gasteiger partial charge in [0.2, 0.25) is 0 Å². The molecule has 1 aromatic rings. The number of ether oxygens (including phenoxy) is 1. The third-order valence-electron chi connectivity index (χ3n) is 2.50. The van der Waals surface area contributed by atoms with E-state index in [-0.39, 0.29) is 0 Å². The molecule has 0 bridgehead atoms. The van der Waals surface area contributed by atoms with Crippen LogP contribution in [0.5, 0.6) is 0 Å². The van der Waals surface area contributed by atoms with E-state index >= 15 is 0 Å². The summed E-state index contributed by atoms with van der Waals surface area (Å²) in [5.41, 5.74) is 1.00. The highest BCUT2D eigenvalue weighted by atomic mass is 16.5. The SMILES string of the molecule is CCCCOC(=O)N[C@H](C=O)Cc1ccccc1. The van der Waals surface area contributed by atoms with Gasteiger partial charge in [-0.1, -0.05) is 43.7 Å². The summed E-state index contributed by atoms with van der Waals surface area (Å²) >= 11 is 0. The maximum atomic E-state index is 11.4. The quantitative estimate of drug-likeness (QED) is 0.596. The van der Waals surface area contributed by atoms with Crippen molar-refractivity contribution in [3.63, 3.8) is 0 Å².